The van der Waals surface area contributed by atoms with Crippen LogP contribution in [0.4, 0.5) is 0 Å². The molecule has 1 saturated heterocycles. The third-order valence-corrected chi connectivity index (χ3v) is 2.29. The number of nitrogens with zero attached hydrogens (tertiary/aromatic N) is 1. The SMILES string of the molecule is CC1CC[N]C1(C)C. The molecule has 1 atom stereocenters. The molecule has 1 rings (SSSR count). The monoisotopic (exact) mass is 112 g/mol. The largest absolute Gasteiger partial charge is 0.235 e. The normalized spacial score (nSPS) is 35.6. The van der Waals surface area contributed by atoms with Gasteiger partial charge < -0.3 is 0 Å². The van der Waals surface area contributed by atoms with Gasteiger partial charge in [0.1, 0.15) is 0 Å². The van der Waals surface area contributed by atoms with Gasteiger partial charge in [-0.05, 0) is 26.2 Å². The zero-order valence-corrected chi connectivity index (χ0v) is 5.94. The first-order valence-corrected chi connectivity index (χ1v) is 3.31. The van der Waals surface area contributed by atoms with Crippen molar-refractivity contribution < 1.29 is 0 Å². The molecular weight excluding hydrogens is 98.1 g/mol. The average Bonchev–Trinajstić information content (AvgIpc) is 1.86. The predicted octanol–water partition coefficient (Wildman–Crippen LogP) is 1.41. The van der Waals surface area contributed by atoms with Crippen molar-refractivity contribution in [1.82, 2.24) is 5.32 Å². The summed E-state index contributed by atoms with van der Waals surface area (Å²) in [5.74, 6) is 0.794. The summed E-state index contributed by atoms with van der Waals surface area (Å²) >= 11 is 0. The molecule has 1 unspecified atom stereocenters. The van der Waals surface area contributed by atoms with E-state index in [0.29, 0.717) is 0 Å². The standard InChI is InChI=1S/C7H14N/c1-6-4-5-8-7(6,2)3/h6H,4-5H2,1-3H3. The molecule has 0 amide bonds. The van der Waals surface area contributed by atoms with Gasteiger partial charge in [0.25, 0.3) is 0 Å². The Labute approximate surface area is 51.5 Å². The Morgan fingerprint density at radius 3 is 2.25 bits per heavy atom. The summed E-state index contributed by atoms with van der Waals surface area (Å²) in [4.78, 5) is 0. The highest BCUT2D eigenvalue weighted by molar-refractivity contribution is 4.88. The Morgan fingerprint density at radius 1 is 1.50 bits per heavy atom. The molecule has 0 bridgehead atoms. The van der Waals surface area contributed by atoms with Crippen molar-refractivity contribution in [3.05, 3.63) is 0 Å². The molecule has 1 heterocycles. The summed E-state index contributed by atoms with van der Waals surface area (Å²) < 4.78 is 0. The highest BCUT2D eigenvalue weighted by Gasteiger charge is 2.31. The number of hydrogen-bond donors (Lipinski definition) is 0. The molecule has 0 N–H and O–H groups in total. The Hall–Kier alpha value is -0.0400. The minimum absolute atomic E-state index is 0.278. The molecule has 1 aliphatic heterocycles. The van der Waals surface area contributed by atoms with E-state index in [0.717, 1.165) is 12.5 Å². The van der Waals surface area contributed by atoms with Gasteiger partial charge >= 0.3 is 0 Å². The maximum absolute atomic E-state index is 4.45. The van der Waals surface area contributed by atoms with Crippen LogP contribution in [-0.2, 0) is 0 Å². The first-order valence-electron chi connectivity index (χ1n) is 3.31. The zero-order chi connectivity index (χ0) is 6.20. The van der Waals surface area contributed by atoms with Crippen LogP contribution in [-0.4, -0.2) is 12.1 Å². The minimum atomic E-state index is 0.278. The topological polar surface area (TPSA) is 14.1 Å². The zero-order valence-electron chi connectivity index (χ0n) is 5.94. The van der Waals surface area contributed by atoms with E-state index in [4.69, 9.17) is 0 Å². The third kappa shape index (κ3) is 0.873. The quantitative estimate of drug-likeness (QED) is 0.450. The summed E-state index contributed by atoms with van der Waals surface area (Å²) in [6.07, 6.45) is 1.28. The summed E-state index contributed by atoms with van der Waals surface area (Å²) in [7, 11) is 0. The molecule has 1 aliphatic rings. The van der Waals surface area contributed by atoms with Crippen molar-refractivity contribution in [2.24, 2.45) is 5.92 Å². The lowest BCUT2D eigenvalue weighted by Gasteiger charge is -2.21. The van der Waals surface area contributed by atoms with Gasteiger partial charge in [-0.25, -0.2) is 5.32 Å². The van der Waals surface area contributed by atoms with Crippen LogP contribution in [0.5, 0.6) is 0 Å². The van der Waals surface area contributed by atoms with Crippen LogP contribution in [0.1, 0.15) is 27.2 Å². The van der Waals surface area contributed by atoms with Crippen LogP contribution in [0.25, 0.3) is 0 Å². The van der Waals surface area contributed by atoms with Crippen molar-refractivity contribution in [3.63, 3.8) is 0 Å². The van der Waals surface area contributed by atoms with Gasteiger partial charge in [0.05, 0.1) is 0 Å². The molecule has 1 fully saturated rings. The van der Waals surface area contributed by atoms with Crippen LogP contribution in [0, 0.1) is 5.92 Å². The third-order valence-electron chi connectivity index (χ3n) is 2.29. The maximum atomic E-state index is 4.45. The lowest BCUT2D eigenvalue weighted by atomic mass is 9.91. The molecule has 1 heteroatoms. The van der Waals surface area contributed by atoms with E-state index >= 15 is 0 Å². The predicted molar refractivity (Wildman–Crippen MR) is 34.9 cm³/mol. The summed E-state index contributed by atoms with van der Waals surface area (Å²) in [6, 6.07) is 0. The fourth-order valence-corrected chi connectivity index (χ4v) is 1.06. The van der Waals surface area contributed by atoms with Gasteiger partial charge in [0, 0.05) is 12.1 Å². The minimum Gasteiger partial charge on any atom is -0.235 e. The van der Waals surface area contributed by atoms with E-state index in [1.807, 2.05) is 0 Å². The van der Waals surface area contributed by atoms with Gasteiger partial charge in [0.15, 0.2) is 0 Å². The average molecular weight is 112 g/mol. The molecule has 1 nitrogen and oxygen atoms in total. The maximum Gasteiger partial charge on any atom is 0.0326 e. The second-order valence-corrected chi connectivity index (χ2v) is 3.23. The molecule has 8 heavy (non-hydrogen) atoms. The van der Waals surface area contributed by atoms with Gasteiger partial charge in [-0.1, -0.05) is 6.92 Å². The van der Waals surface area contributed by atoms with E-state index in [1.54, 1.807) is 0 Å². The molecule has 1 radical (unpaired) electrons. The van der Waals surface area contributed by atoms with Gasteiger partial charge in [-0.2, -0.15) is 0 Å². The van der Waals surface area contributed by atoms with Gasteiger partial charge in [-0.15, -0.1) is 0 Å². The molecule has 0 aromatic carbocycles. The Bertz CT molecular complexity index is 86.4. The van der Waals surface area contributed by atoms with Crippen molar-refractivity contribution in [2.75, 3.05) is 6.54 Å². The fraction of sp³-hybridized carbons (Fsp3) is 1.00. The van der Waals surface area contributed by atoms with Gasteiger partial charge in [0.2, 0.25) is 0 Å². The number of rotatable bonds is 0. The molecule has 47 valence electrons. The lowest BCUT2D eigenvalue weighted by Crippen LogP contribution is -2.31. The second kappa shape index (κ2) is 1.73. The van der Waals surface area contributed by atoms with Crippen molar-refractivity contribution >= 4 is 0 Å². The van der Waals surface area contributed by atoms with Crippen molar-refractivity contribution in [1.29, 1.82) is 0 Å². The first kappa shape index (κ1) is 6.09. The van der Waals surface area contributed by atoms with E-state index in [-0.39, 0.29) is 5.54 Å². The lowest BCUT2D eigenvalue weighted by molar-refractivity contribution is 0.353. The fourth-order valence-electron chi connectivity index (χ4n) is 1.06. The molecule has 0 aromatic rings. The second-order valence-electron chi connectivity index (χ2n) is 3.23. The molecule has 0 aromatic heterocycles. The molecule has 0 spiro atoms. The van der Waals surface area contributed by atoms with Crippen LogP contribution in [0.2, 0.25) is 0 Å². The van der Waals surface area contributed by atoms with Crippen molar-refractivity contribution in [3.8, 4) is 0 Å². The first-order chi connectivity index (χ1) is 3.63. The van der Waals surface area contributed by atoms with E-state index < -0.39 is 0 Å². The van der Waals surface area contributed by atoms with Crippen molar-refractivity contribution in [2.45, 2.75) is 32.7 Å². The highest BCUT2D eigenvalue weighted by atomic mass is 15.0. The number of hydrogen-bond acceptors (Lipinski definition) is 0. The Kier molecular flexibility index (Phi) is 1.31. The molecular formula is C7H14N. The van der Waals surface area contributed by atoms with E-state index in [2.05, 4.69) is 26.1 Å². The Morgan fingerprint density at radius 2 is 2.12 bits per heavy atom. The highest BCUT2D eigenvalue weighted by Crippen LogP contribution is 2.25. The summed E-state index contributed by atoms with van der Waals surface area (Å²) in [6.45, 7) is 7.78. The smallest absolute Gasteiger partial charge is 0.0326 e. The van der Waals surface area contributed by atoms with E-state index in [9.17, 15) is 0 Å². The summed E-state index contributed by atoms with van der Waals surface area (Å²) in [5.41, 5.74) is 0.278. The van der Waals surface area contributed by atoms with Crippen LogP contribution in [0.15, 0.2) is 0 Å². The van der Waals surface area contributed by atoms with Crippen LogP contribution < -0.4 is 5.32 Å². The molecule has 0 saturated carbocycles. The Balaban J connectivity index is 2.54. The van der Waals surface area contributed by atoms with Gasteiger partial charge in [-0.3, -0.25) is 0 Å². The summed E-state index contributed by atoms with van der Waals surface area (Å²) in [5, 5.41) is 4.45. The van der Waals surface area contributed by atoms with Crippen LogP contribution >= 0.6 is 0 Å². The van der Waals surface area contributed by atoms with E-state index in [1.165, 1.54) is 6.42 Å². The van der Waals surface area contributed by atoms with Crippen LogP contribution in [0.3, 0.4) is 0 Å². The molecule has 0 aliphatic carbocycles.